The van der Waals surface area contributed by atoms with E-state index >= 15 is 0 Å². The Labute approximate surface area is 102 Å². The van der Waals surface area contributed by atoms with Crippen LogP contribution in [-0.2, 0) is 4.74 Å². The molecule has 0 spiro atoms. The highest BCUT2D eigenvalue weighted by atomic mass is 16.5. The van der Waals surface area contributed by atoms with Gasteiger partial charge in [0.25, 0.3) is 0 Å². The number of ether oxygens (including phenoxy) is 1. The highest BCUT2D eigenvalue weighted by molar-refractivity contribution is 5.79. The second-order valence-corrected chi connectivity index (χ2v) is 4.02. The van der Waals surface area contributed by atoms with E-state index in [9.17, 15) is 0 Å². The molecule has 0 aliphatic rings. The van der Waals surface area contributed by atoms with Crippen molar-refractivity contribution < 1.29 is 4.74 Å². The lowest BCUT2D eigenvalue weighted by molar-refractivity contribution is 0.168. The number of nitrogens with one attached hydrogen (secondary N) is 1. The fourth-order valence-corrected chi connectivity index (χ4v) is 2.00. The van der Waals surface area contributed by atoms with Crippen LogP contribution in [-0.4, -0.2) is 25.2 Å². The number of hydrogen-bond acceptors (Lipinski definition) is 3. The minimum Gasteiger partial charge on any atom is -0.383 e. The molecule has 2 rings (SSSR count). The fraction of sp³-hybridized carbons (Fsp3) is 0.357. The summed E-state index contributed by atoms with van der Waals surface area (Å²) in [6.07, 6.45) is 1.82. The Bertz CT molecular complexity index is 478. The summed E-state index contributed by atoms with van der Waals surface area (Å²) in [4.78, 5) is 4.32. The minimum atomic E-state index is 0.245. The Morgan fingerprint density at radius 2 is 2.24 bits per heavy atom. The fourth-order valence-electron chi connectivity index (χ4n) is 2.00. The summed E-state index contributed by atoms with van der Waals surface area (Å²) in [5, 5.41) is 4.59. The van der Waals surface area contributed by atoms with Crippen molar-refractivity contribution in [2.45, 2.75) is 13.0 Å². The number of nitrogens with zero attached hydrogens (tertiary/aromatic N) is 1. The van der Waals surface area contributed by atoms with Gasteiger partial charge in [-0.05, 0) is 30.3 Å². The zero-order valence-corrected chi connectivity index (χ0v) is 10.3. The van der Waals surface area contributed by atoms with Gasteiger partial charge in [-0.25, -0.2) is 0 Å². The Kier molecular flexibility index (Phi) is 4.07. The lowest BCUT2D eigenvalue weighted by Gasteiger charge is -2.17. The van der Waals surface area contributed by atoms with Crippen molar-refractivity contribution in [3.05, 3.63) is 42.1 Å². The first-order valence-electron chi connectivity index (χ1n) is 5.92. The van der Waals surface area contributed by atoms with Gasteiger partial charge in [0.1, 0.15) is 0 Å². The van der Waals surface area contributed by atoms with Crippen LogP contribution in [0.25, 0.3) is 10.9 Å². The topological polar surface area (TPSA) is 34.1 Å². The predicted octanol–water partition coefficient (Wildman–Crippen LogP) is 2.53. The van der Waals surface area contributed by atoms with Crippen molar-refractivity contribution in [1.29, 1.82) is 0 Å². The lowest BCUT2D eigenvalue weighted by atomic mass is 10.0. The van der Waals surface area contributed by atoms with Crippen LogP contribution in [0.1, 0.15) is 18.5 Å². The Balaban J connectivity index is 2.32. The van der Waals surface area contributed by atoms with Gasteiger partial charge < -0.3 is 10.1 Å². The summed E-state index contributed by atoms with van der Waals surface area (Å²) >= 11 is 0. The van der Waals surface area contributed by atoms with Crippen molar-refractivity contribution in [3.8, 4) is 0 Å². The molecular weight excluding hydrogens is 212 g/mol. The van der Waals surface area contributed by atoms with E-state index in [4.69, 9.17) is 4.74 Å². The third kappa shape index (κ3) is 2.81. The molecule has 0 saturated heterocycles. The third-order valence-electron chi connectivity index (χ3n) is 2.81. The van der Waals surface area contributed by atoms with Crippen molar-refractivity contribution >= 4 is 10.9 Å². The van der Waals surface area contributed by atoms with E-state index in [1.165, 1.54) is 10.9 Å². The van der Waals surface area contributed by atoms with Crippen LogP contribution in [0.15, 0.2) is 36.5 Å². The number of rotatable bonds is 5. The standard InChI is InChI=1S/C14H18N2O/c1-3-15-14(10-17-2)12-6-7-13-11(9-12)5-4-8-16-13/h4-9,14-15H,3,10H2,1-2H3. The molecule has 0 saturated carbocycles. The molecule has 0 aliphatic carbocycles. The van der Waals surface area contributed by atoms with Gasteiger partial charge in [-0.2, -0.15) is 0 Å². The lowest BCUT2D eigenvalue weighted by Crippen LogP contribution is -2.24. The average molecular weight is 230 g/mol. The molecule has 3 heteroatoms. The smallest absolute Gasteiger partial charge is 0.0702 e. The second-order valence-electron chi connectivity index (χ2n) is 4.02. The predicted molar refractivity (Wildman–Crippen MR) is 70.0 cm³/mol. The van der Waals surface area contributed by atoms with Gasteiger partial charge >= 0.3 is 0 Å². The Morgan fingerprint density at radius 3 is 3.00 bits per heavy atom. The van der Waals surface area contributed by atoms with E-state index < -0.39 is 0 Å². The van der Waals surface area contributed by atoms with E-state index in [1.807, 2.05) is 12.3 Å². The molecule has 0 radical (unpaired) electrons. The van der Waals surface area contributed by atoms with Gasteiger partial charge in [0.15, 0.2) is 0 Å². The molecule has 17 heavy (non-hydrogen) atoms. The van der Waals surface area contributed by atoms with Crippen molar-refractivity contribution in [1.82, 2.24) is 10.3 Å². The maximum Gasteiger partial charge on any atom is 0.0702 e. The van der Waals surface area contributed by atoms with E-state index in [2.05, 4.69) is 41.5 Å². The molecule has 1 atom stereocenters. The van der Waals surface area contributed by atoms with E-state index in [0.29, 0.717) is 6.61 Å². The summed E-state index contributed by atoms with van der Waals surface area (Å²) < 4.78 is 5.24. The van der Waals surface area contributed by atoms with Gasteiger partial charge in [-0.3, -0.25) is 4.98 Å². The average Bonchev–Trinajstić information content (AvgIpc) is 2.38. The van der Waals surface area contributed by atoms with Gasteiger partial charge in [0, 0.05) is 18.7 Å². The number of hydrogen-bond donors (Lipinski definition) is 1. The van der Waals surface area contributed by atoms with Gasteiger partial charge in [0.2, 0.25) is 0 Å². The largest absolute Gasteiger partial charge is 0.383 e. The molecule has 1 N–H and O–H groups in total. The van der Waals surface area contributed by atoms with Crippen molar-refractivity contribution in [2.24, 2.45) is 0 Å². The van der Waals surface area contributed by atoms with Crippen LogP contribution in [0.3, 0.4) is 0 Å². The normalized spacial score (nSPS) is 12.8. The summed E-state index contributed by atoms with van der Waals surface area (Å²) in [5.74, 6) is 0. The maximum absolute atomic E-state index is 5.24. The van der Waals surface area contributed by atoms with E-state index in [1.54, 1.807) is 7.11 Å². The first kappa shape index (κ1) is 12.0. The number of methoxy groups -OCH3 is 1. The van der Waals surface area contributed by atoms with Crippen LogP contribution in [0.2, 0.25) is 0 Å². The van der Waals surface area contributed by atoms with Crippen LogP contribution < -0.4 is 5.32 Å². The first-order chi connectivity index (χ1) is 8.35. The molecule has 0 amide bonds. The molecule has 0 bridgehead atoms. The highest BCUT2D eigenvalue weighted by Crippen LogP contribution is 2.19. The molecule has 1 unspecified atom stereocenters. The number of likely N-dealkylation sites (N-methyl/N-ethyl adjacent to an activating group) is 1. The number of fused-ring (bicyclic) bond motifs is 1. The molecule has 1 heterocycles. The van der Waals surface area contributed by atoms with E-state index in [0.717, 1.165) is 12.1 Å². The zero-order valence-electron chi connectivity index (χ0n) is 10.3. The van der Waals surface area contributed by atoms with Crippen molar-refractivity contribution in [2.75, 3.05) is 20.3 Å². The van der Waals surface area contributed by atoms with Crippen LogP contribution in [0, 0.1) is 0 Å². The summed E-state index contributed by atoms with van der Waals surface area (Å²) in [6.45, 7) is 3.71. The minimum absolute atomic E-state index is 0.245. The molecule has 90 valence electrons. The SMILES string of the molecule is CCNC(COC)c1ccc2ncccc2c1. The van der Waals surface area contributed by atoms with E-state index in [-0.39, 0.29) is 6.04 Å². The molecule has 0 fully saturated rings. The first-order valence-corrected chi connectivity index (χ1v) is 5.92. The number of aromatic nitrogens is 1. The zero-order chi connectivity index (χ0) is 12.1. The highest BCUT2D eigenvalue weighted by Gasteiger charge is 2.10. The van der Waals surface area contributed by atoms with Crippen LogP contribution in [0.5, 0.6) is 0 Å². The Hall–Kier alpha value is -1.45. The maximum atomic E-state index is 5.24. The van der Waals surface area contributed by atoms with Gasteiger partial charge in [-0.1, -0.05) is 19.1 Å². The van der Waals surface area contributed by atoms with Crippen LogP contribution in [0.4, 0.5) is 0 Å². The molecule has 1 aromatic heterocycles. The molecule has 0 aliphatic heterocycles. The second kappa shape index (κ2) is 5.75. The number of pyridine rings is 1. The summed E-state index contributed by atoms with van der Waals surface area (Å²) in [7, 11) is 1.73. The molecule has 2 aromatic rings. The number of benzene rings is 1. The van der Waals surface area contributed by atoms with Crippen molar-refractivity contribution in [3.63, 3.8) is 0 Å². The Morgan fingerprint density at radius 1 is 1.35 bits per heavy atom. The van der Waals surface area contributed by atoms with Gasteiger partial charge in [0.05, 0.1) is 18.2 Å². The summed E-state index contributed by atoms with van der Waals surface area (Å²) in [5.41, 5.74) is 2.28. The monoisotopic (exact) mass is 230 g/mol. The van der Waals surface area contributed by atoms with Gasteiger partial charge in [-0.15, -0.1) is 0 Å². The summed E-state index contributed by atoms with van der Waals surface area (Å²) in [6, 6.07) is 10.6. The molecule has 3 nitrogen and oxygen atoms in total. The molecular formula is C14H18N2O. The molecule has 1 aromatic carbocycles. The quantitative estimate of drug-likeness (QED) is 0.857. The third-order valence-corrected chi connectivity index (χ3v) is 2.81. The van der Waals surface area contributed by atoms with Crippen LogP contribution >= 0.6 is 0 Å².